The van der Waals surface area contributed by atoms with Gasteiger partial charge in [-0.25, -0.2) is 9.59 Å². The van der Waals surface area contributed by atoms with Gasteiger partial charge in [-0.05, 0) is 36.5 Å². The van der Waals surface area contributed by atoms with E-state index in [0.717, 1.165) is 12.8 Å². The molecule has 1 aromatic carbocycles. The molecule has 0 heterocycles. The Morgan fingerprint density at radius 1 is 0.889 bits per heavy atom. The molecule has 202 valence electrons. The highest BCUT2D eigenvalue weighted by Gasteiger charge is 2.32. The van der Waals surface area contributed by atoms with Gasteiger partial charge in [0.05, 0.1) is 19.8 Å². The minimum atomic E-state index is -1.37. The van der Waals surface area contributed by atoms with Crippen LogP contribution in [-0.4, -0.2) is 55.2 Å². The van der Waals surface area contributed by atoms with Crippen molar-refractivity contribution < 1.29 is 48.0 Å². The molecule has 0 amide bonds. The van der Waals surface area contributed by atoms with Crippen molar-refractivity contribution in [3.8, 4) is 11.5 Å². The second-order valence-corrected chi connectivity index (χ2v) is 8.22. The van der Waals surface area contributed by atoms with Crippen LogP contribution in [0.15, 0.2) is 18.2 Å². The van der Waals surface area contributed by atoms with Crippen molar-refractivity contribution in [1.82, 2.24) is 0 Å². The molecule has 0 aromatic heterocycles. The number of nitrogens with two attached hydrogens (primary N) is 1. The quantitative estimate of drug-likeness (QED) is 0.149. The molecule has 0 saturated heterocycles. The zero-order valence-corrected chi connectivity index (χ0v) is 21.3. The third kappa shape index (κ3) is 10.5. The average molecular weight is 512 g/mol. The molecule has 0 aliphatic carbocycles. The third-order valence-electron chi connectivity index (χ3n) is 5.26. The molecule has 0 radical (unpaired) electrons. The number of rotatable bonds is 15. The van der Waals surface area contributed by atoms with Gasteiger partial charge in [0.15, 0.2) is 11.5 Å². The molecule has 2 unspecified atom stereocenters. The SMILES string of the molecule is CCCCOC(=O)Oc1ccc(C(C(C)COC(=O)CC)[C@H](N)C(=O)O)cc1OC(=O)OCCCC. The van der Waals surface area contributed by atoms with Gasteiger partial charge in [0, 0.05) is 12.3 Å². The predicted molar refractivity (Wildman–Crippen MR) is 129 cm³/mol. The van der Waals surface area contributed by atoms with Crippen LogP contribution in [0.25, 0.3) is 0 Å². The number of carboxylic acid groups (broad SMARTS) is 1. The summed E-state index contributed by atoms with van der Waals surface area (Å²) in [5.41, 5.74) is 6.34. The Morgan fingerprint density at radius 3 is 1.94 bits per heavy atom. The maximum atomic E-state index is 12.2. The lowest BCUT2D eigenvalue weighted by Crippen LogP contribution is -2.40. The van der Waals surface area contributed by atoms with Gasteiger partial charge in [0.2, 0.25) is 0 Å². The van der Waals surface area contributed by atoms with Crippen molar-refractivity contribution in [3.05, 3.63) is 23.8 Å². The average Bonchev–Trinajstić information content (AvgIpc) is 2.84. The predicted octanol–water partition coefficient (Wildman–Crippen LogP) is 4.40. The van der Waals surface area contributed by atoms with Crippen LogP contribution in [0.4, 0.5) is 9.59 Å². The molecule has 0 fully saturated rings. The summed E-state index contributed by atoms with van der Waals surface area (Å²) in [6.07, 6.45) is 1.06. The summed E-state index contributed by atoms with van der Waals surface area (Å²) >= 11 is 0. The van der Waals surface area contributed by atoms with Crippen LogP contribution < -0.4 is 15.2 Å². The van der Waals surface area contributed by atoms with Crippen molar-refractivity contribution in [3.63, 3.8) is 0 Å². The first-order valence-corrected chi connectivity index (χ1v) is 12.1. The largest absolute Gasteiger partial charge is 0.513 e. The van der Waals surface area contributed by atoms with E-state index in [9.17, 15) is 24.3 Å². The van der Waals surface area contributed by atoms with Crippen LogP contribution in [0.2, 0.25) is 0 Å². The van der Waals surface area contributed by atoms with Gasteiger partial charge in [0.25, 0.3) is 0 Å². The Morgan fingerprint density at radius 2 is 1.44 bits per heavy atom. The van der Waals surface area contributed by atoms with E-state index in [4.69, 9.17) is 29.4 Å². The molecule has 11 heteroatoms. The first kappa shape index (κ1) is 30.7. The van der Waals surface area contributed by atoms with Crippen LogP contribution in [0.1, 0.15) is 71.3 Å². The summed E-state index contributed by atoms with van der Waals surface area (Å²) in [5.74, 6) is -3.36. The number of aliphatic carboxylic acids is 1. The summed E-state index contributed by atoms with van der Waals surface area (Å²) in [6, 6.07) is 2.82. The maximum Gasteiger partial charge on any atom is 0.513 e. The van der Waals surface area contributed by atoms with Crippen molar-refractivity contribution in [2.24, 2.45) is 11.7 Å². The van der Waals surface area contributed by atoms with Gasteiger partial charge in [-0.1, -0.05) is 46.6 Å². The van der Waals surface area contributed by atoms with Crippen molar-refractivity contribution in [2.75, 3.05) is 19.8 Å². The van der Waals surface area contributed by atoms with E-state index in [-0.39, 0.29) is 37.7 Å². The molecule has 3 N–H and O–H groups in total. The van der Waals surface area contributed by atoms with E-state index in [2.05, 4.69) is 0 Å². The number of hydrogen-bond acceptors (Lipinski definition) is 10. The van der Waals surface area contributed by atoms with Crippen molar-refractivity contribution >= 4 is 24.2 Å². The van der Waals surface area contributed by atoms with Crippen molar-refractivity contribution in [2.45, 2.75) is 71.8 Å². The molecule has 0 spiro atoms. The summed E-state index contributed by atoms with van der Waals surface area (Å²) in [6.45, 7) is 7.41. The molecule has 0 aliphatic rings. The molecule has 1 rings (SSSR count). The Bertz CT molecular complexity index is 872. The van der Waals surface area contributed by atoms with Crippen molar-refractivity contribution in [1.29, 1.82) is 0 Å². The fourth-order valence-electron chi connectivity index (χ4n) is 3.21. The maximum absolute atomic E-state index is 12.2. The molecule has 0 saturated carbocycles. The topological polar surface area (TPSA) is 161 Å². The highest BCUT2D eigenvalue weighted by molar-refractivity contribution is 5.75. The summed E-state index contributed by atoms with van der Waals surface area (Å²) in [4.78, 5) is 47.6. The van der Waals surface area contributed by atoms with Gasteiger partial charge in [-0.15, -0.1) is 0 Å². The van der Waals surface area contributed by atoms with E-state index in [1.807, 2.05) is 13.8 Å². The Kier molecular flexibility index (Phi) is 13.9. The summed E-state index contributed by atoms with van der Waals surface area (Å²) < 4.78 is 25.7. The highest BCUT2D eigenvalue weighted by Crippen LogP contribution is 2.36. The monoisotopic (exact) mass is 511 g/mol. The number of carbonyl (C=O) groups is 4. The van der Waals surface area contributed by atoms with E-state index in [1.165, 1.54) is 18.2 Å². The first-order chi connectivity index (χ1) is 17.1. The first-order valence-electron chi connectivity index (χ1n) is 12.1. The second-order valence-electron chi connectivity index (χ2n) is 8.22. The van der Waals surface area contributed by atoms with Crippen LogP contribution in [-0.2, 0) is 23.8 Å². The third-order valence-corrected chi connectivity index (χ3v) is 5.26. The van der Waals surface area contributed by atoms with Gasteiger partial charge in [-0.3, -0.25) is 9.59 Å². The number of hydrogen-bond donors (Lipinski definition) is 2. The Balaban J connectivity index is 3.28. The fourth-order valence-corrected chi connectivity index (χ4v) is 3.21. The molecular formula is C25H37NO10. The smallest absolute Gasteiger partial charge is 0.480 e. The molecule has 0 bridgehead atoms. The van der Waals surface area contributed by atoms with Crippen LogP contribution in [0.3, 0.4) is 0 Å². The van der Waals surface area contributed by atoms with Gasteiger partial charge < -0.3 is 34.5 Å². The standard InChI is InChI=1S/C25H37NO10/c1-5-8-12-32-24(30)35-18-11-10-17(14-19(18)36-25(31)33-13-9-6-2)21(22(26)23(28)29)16(4)15-34-20(27)7-3/h10-11,14,16,21-22H,5-9,12-13,15,26H2,1-4H3,(H,28,29)/t16?,21?,22-/m0/s1. The van der Waals surface area contributed by atoms with E-state index in [0.29, 0.717) is 18.4 Å². The molecular weight excluding hydrogens is 474 g/mol. The molecule has 3 atom stereocenters. The Labute approximate surface area is 211 Å². The number of benzene rings is 1. The van der Waals surface area contributed by atoms with E-state index in [1.54, 1.807) is 13.8 Å². The van der Waals surface area contributed by atoms with Crippen LogP contribution in [0, 0.1) is 5.92 Å². The molecule has 1 aromatic rings. The second kappa shape index (κ2) is 16.4. The fraction of sp³-hybridized carbons (Fsp3) is 0.600. The number of ether oxygens (including phenoxy) is 5. The number of unbranched alkanes of at least 4 members (excludes halogenated alkanes) is 2. The normalized spacial score (nSPS) is 13.1. The lowest BCUT2D eigenvalue weighted by molar-refractivity contribution is -0.145. The van der Waals surface area contributed by atoms with Crippen LogP contribution in [0.5, 0.6) is 11.5 Å². The minimum Gasteiger partial charge on any atom is -0.480 e. The number of carbonyl (C=O) groups excluding carboxylic acids is 3. The summed E-state index contributed by atoms with van der Waals surface area (Å²) in [7, 11) is 0. The zero-order valence-electron chi connectivity index (χ0n) is 21.3. The van der Waals surface area contributed by atoms with Gasteiger partial charge in [0.1, 0.15) is 6.04 Å². The lowest BCUT2D eigenvalue weighted by atomic mass is 9.82. The molecule has 0 aliphatic heterocycles. The van der Waals surface area contributed by atoms with E-state index < -0.39 is 42.1 Å². The number of carboxylic acids is 1. The Hall–Kier alpha value is -3.34. The van der Waals surface area contributed by atoms with Crippen LogP contribution >= 0.6 is 0 Å². The van der Waals surface area contributed by atoms with E-state index >= 15 is 0 Å². The highest BCUT2D eigenvalue weighted by atomic mass is 16.7. The zero-order chi connectivity index (χ0) is 27.1. The molecule has 36 heavy (non-hydrogen) atoms. The number of esters is 1. The minimum absolute atomic E-state index is 0.0738. The molecule has 11 nitrogen and oxygen atoms in total. The lowest BCUT2D eigenvalue weighted by Gasteiger charge is -2.28. The van der Waals surface area contributed by atoms with Gasteiger partial charge in [-0.2, -0.15) is 0 Å². The summed E-state index contributed by atoms with van der Waals surface area (Å²) in [5, 5.41) is 9.57. The van der Waals surface area contributed by atoms with Gasteiger partial charge >= 0.3 is 24.2 Å².